The van der Waals surface area contributed by atoms with Crippen LogP contribution in [0.15, 0.2) is 18.2 Å². The van der Waals surface area contributed by atoms with Crippen molar-refractivity contribution in [3.63, 3.8) is 0 Å². The monoisotopic (exact) mass is 415 g/mol. The highest BCUT2D eigenvalue weighted by Gasteiger charge is 2.45. The average Bonchev–Trinajstić information content (AvgIpc) is 2.57. The summed E-state index contributed by atoms with van der Waals surface area (Å²) < 4.78 is 58.6. The number of fused-ring (bicyclic) bond motifs is 2. The maximum atomic E-state index is 14.2. The van der Waals surface area contributed by atoms with Crippen molar-refractivity contribution in [1.82, 2.24) is 4.90 Å². The van der Waals surface area contributed by atoms with Crippen LogP contribution in [0.4, 0.5) is 22.4 Å². The zero-order chi connectivity index (χ0) is 21.6. The van der Waals surface area contributed by atoms with Gasteiger partial charge in [-0.2, -0.15) is 13.2 Å². The lowest BCUT2D eigenvalue weighted by Crippen LogP contribution is -2.56. The van der Waals surface area contributed by atoms with Crippen molar-refractivity contribution >= 4 is 11.9 Å². The second kappa shape index (κ2) is 7.61. The molecule has 1 aromatic carbocycles. The Bertz CT molecular complexity index is 786. The van der Waals surface area contributed by atoms with Gasteiger partial charge in [-0.05, 0) is 71.1 Å². The zero-order valence-electron chi connectivity index (χ0n) is 16.7. The first kappa shape index (κ1) is 21.6. The summed E-state index contributed by atoms with van der Waals surface area (Å²) >= 11 is 0. The Morgan fingerprint density at radius 2 is 1.66 bits per heavy atom. The summed E-state index contributed by atoms with van der Waals surface area (Å²) in [5.41, 5.74) is -2.23. The Kier molecular flexibility index (Phi) is 5.66. The third kappa shape index (κ3) is 4.73. The van der Waals surface area contributed by atoms with Crippen LogP contribution in [0, 0.1) is 11.7 Å². The first-order valence-corrected chi connectivity index (χ1v) is 9.79. The standard InChI is InChI=1S/C21H25F4NO3/c1-20(2,3)29-19(28)26-14-5-4-6-15(26)10-12(9-14)18(27)16-11-13(21(23,24)25)7-8-17(16)22/h7-8,11-12,14-15H,4-6,9-10H2,1-3H3. The normalized spacial score (nSPS) is 24.9. The second-order valence-corrected chi connectivity index (χ2v) is 8.85. The van der Waals surface area contributed by atoms with Crippen molar-refractivity contribution in [2.24, 2.45) is 5.92 Å². The van der Waals surface area contributed by atoms with E-state index in [0.717, 1.165) is 6.42 Å². The first-order chi connectivity index (χ1) is 13.4. The number of hydrogen-bond donors (Lipinski definition) is 0. The number of ketones is 1. The van der Waals surface area contributed by atoms with Gasteiger partial charge in [-0.15, -0.1) is 0 Å². The fourth-order valence-electron chi connectivity index (χ4n) is 4.32. The molecule has 160 valence electrons. The summed E-state index contributed by atoms with van der Waals surface area (Å²) in [7, 11) is 0. The van der Waals surface area contributed by atoms with Crippen molar-refractivity contribution < 1.29 is 31.9 Å². The van der Waals surface area contributed by atoms with Crippen LogP contribution in [0.5, 0.6) is 0 Å². The zero-order valence-corrected chi connectivity index (χ0v) is 16.7. The maximum absolute atomic E-state index is 14.2. The second-order valence-electron chi connectivity index (χ2n) is 8.85. The van der Waals surface area contributed by atoms with E-state index < -0.39 is 46.5 Å². The molecule has 2 atom stereocenters. The van der Waals surface area contributed by atoms with E-state index in [1.165, 1.54) is 0 Å². The Labute approximate surface area is 167 Å². The number of ether oxygens (including phenoxy) is 1. The highest BCUT2D eigenvalue weighted by molar-refractivity contribution is 5.98. The summed E-state index contributed by atoms with van der Waals surface area (Å²) in [5.74, 6) is -2.21. The summed E-state index contributed by atoms with van der Waals surface area (Å²) in [6, 6.07) is 1.44. The van der Waals surface area contributed by atoms with E-state index in [4.69, 9.17) is 4.74 Å². The van der Waals surface area contributed by atoms with E-state index in [2.05, 4.69) is 0 Å². The van der Waals surface area contributed by atoms with Gasteiger partial charge in [-0.1, -0.05) is 0 Å². The van der Waals surface area contributed by atoms with E-state index in [1.807, 2.05) is 0 Å². The largest absolute Gasteiger partial charge is 0.444 e. The molecule has 2 fully saturated rings. The lowest BCUT2D eigenvalue weighted by Gasteiger charge is -2.48. The predicted molar refractivity (Wildman–Crippen MR) is 98.0 cm³/mol. The molecule has 2 saturated heterocycles. The lowest BCUT2D eigenvalue weighted by molar-refractivity contribution is -0.137. The number of nitrogens with zero attached hydrogens (tertiary/aromatic N) is 1. The first-order valence-electron chi connectivity index (χ1n) is 9.79. The number of hydrogen-bond acceptors (Lipinski definition) is 3. The molecule has 2 bridgehead atoms. The highest BCUT2D eigenvalue weighted by atomic mass is 19.4. The number of carbonyl (C=O) groups excluding carboxylic acids is 2. The minimum Gasteiger partial charge on any atom is -0.444 e. The van der Waals surface area contributed by atoms with Crippen molar-refractivity contribution in [1.29, 1.82) is 0 Å². The van der Waals surface area contributed by atoms with Gasteiger partial charge in [-0.25, -0.2) is 9.18 Å². The predicted octanol–water partition coefficient (Wildman–Crippen LogP) is 5.60. The Morgan fingerprint density at radius 1 is 1.07 bits per heavy atom. The maximum Gasteiger partial charge on any atom is 0.416 e. The summed E-state index contributed by atoms with van der Waals surface area (Å²) in [6.07, 6.45) is -2.24. The quantitative estimate of drug-likeness (QED) is 0.467. The minimum atomic E-state index is -4.65. The van der Waals surface area contributed by atoms with Crippen molar-refractivity contribution in [3.8, 4) is 0 Å². The minimum absolute atomic E-state index is 0.236. The van der Waals surface area contributed by atoms with Crippen molar-refractivity contribution in [2.45, 2.75) is 76.7 Å². The van der Waals surface area contributed by atoms with E-state index in [9.17, 15) is 27.2 Å². The smallest absolute Gasteiger partial charge is 0.416 e. The van der Waals surface area contributed by atoms with Gasteiger partial charge in [0, 0.05) is 18.0 Å². The number of Topliss-reactive ketones (excluding diaryl/α,β-unsaturated/α-hetero) is 1. The number of halogens is 4. The highest BCUT2D eigenvalue weighted by Crippen LogP contribution is 2.40. The number of piperidine rings is 2. The molecular weight excluding hydrogens is 390 g/mol. The molecule has 0 saturated carbocycles. The fraction of sp³-hybridized carbons (Fsp3) is 0.619. The molecule has 0 aliphatic carbocycles. The van der Waals surface area contributed by atoms with Gasteiger partial charge in [0.25, 0.3) is 0 Å². The van der Waals surface area contributed by atoms with E-state index >= 15 is 0 Å². The molecule has 0 N–H and O–H groups in total. The Balaban J connectivity index is 1.81. The van der Waals surface area contributed by atoms with Crippen molar-refractivity contribution in [2.75, 3.05) is 0 Å². The SMILES string of the molecule is CC(C)(C)OC(=O)N1C2CCCC1CC(C(=O)c1cc(C(F)(F)F)ccc1F)C2. The number of carbonyl (C=O) groups is 2. The molecule has 0 radical (unpaired) electrons. The van der Waals surface area contributed by atoms with Crippen LogP contribution >= 0.6 is 0 Å². The number of benzene rings is 1. The van der Waals surface area contributed by atoms with Gasteiger partial charge >= 0.3 is 12.3 Å². The van der Waals surface area contributed by atoms with Crippen LogP contribution in [-0.2, 0) is 10.9 Å². The van der Waals surface area contributed by atoms with Crippen LogP contribution in [0.2, 0.25) is 0 Å². The topological polar surface area (TPSA) is 46.6 Å². The molecule has 3 rings (SSSR count). The summed E-state index contributed by atoms with van der Waals surface area (Å²) in [6.45, 7) is 5.31. The van der Waals surface area contributed by atoms with Gasteiger partial charge < -0.3 is 9.64 Å². The molecule has 29 heavy (non-hydrogen) atoms. The van der Waals surface area contributed by atoms with Crippen LogP contribution in [-0.4, -0.2) is 34.5 Å². The lowest BCUT2D eigenvalue weighted by atomic mass is 9.75. The molecule has 8 heteroatoms. The molecule has 0 aromatic heterocycles. The third-order valence-electron chi connectivity index (χ3n) is 5.51. The van der Waals surface area contributed by atoms with Crippen LogP contribution in [0.1, 0.15) is 68.8 Å². The summed E-state index contributed by atoms with van der Waals surface area (Å²) in [5, 5.41) is 0. The number of amides is 1. The number of rotatable bonds is 2. The Morgan fingerprint density at radius 3 is 2.17 bits per heavy atom. The molecule has 2 unspecified atom stereocenters. The number of alkyl halides is 3. The van der Waals surface area contributed by atoms with Gasteiger partial charge in [0.2, 0.25) is 0 Å². The molecule has 2 aliphatic heterocycles. The fourth-order valence-corrected chi connectivity index (χ4v) is 4.32. The molecule has 1 amide bonds. The van der Waals surface area contributed by atoms with E-state index in [1.54, 1.807) is 25.7 Å². The molecular formula is C21H25F4NO3. The average molecular weight is 415 g/mol. The van der Waals surface area contributed by atoms with Gasteiger partial charge in [0.05, 0.1) is 11.1 Å². The van der Waals surface area contributed by atoms with Crippen LogP contribution < -0.4 is 0 Å². The molecule has 1 aromatic rings. The third-order valence-corrected chi connectivity index (χ3v) is 5.51. The van der Waals surface area contributed by atoms with Gasteiger partial charge in [-0.3, -0.25) is 4.79 Å². The molecule has 2 heterocycles. The van der Waals surface area contributed by atoms with Gasteiger partial charge in [0.15, 0.2) is 5.78 Å². The van der Waals surface area contributed by atoms with E-state index in [-0.39, 0.29) is 12.1 Å². The molecule has 2 aliphatic rings. The van der Waals surface area contributed by atoms with Crippen molar-refractivity contribution in [3.05, 3.63) is 35.1 Å². The van der Waals surface area contributed by atoms with Crippen LogP contribution in [0.25, 0.3) is 0 Å². The van der Waals surface area contributed by atoms with E-state index in [0.29, 0.717) is 43.9 Å². The Hall–Kier alpha value is -2.12. The summed E-state index contributed by atoms with van der Waals surface area (Å²) in [4.78, 5) is 27.2. The van der Waals surface area contributed by atoms with Crippen LogP contribution in [0.3, 0.4) is 0 Å². The van der Waals surface area contributed by atoms with Gasteiger partial charge in [0.1, 0.15) is 11.4 Å². The molecule has 0 spiro atoms. The molecule has 4 nitrogen and oxygen atoms in total.